The van der Waals surface area contributed by atoms with Crippen LogP contribution in [-0.4, -0.2) is 24.6 Å². The maximum atomic E-state index is 11.3. The third kappa shape index (κ3) is 6.08. The van der Waals surface area contributed by atoms with E-state index in [1.165, 1.54) is 32.1 Å². The minimum absolute atomic E-state index is 0.00498. The van der Waals surface area contributed by atoms with Gasteiger partial charge in [-0.25, -0.2) is 0 Å². The van der Waals surface area contributed by atoms with Crippen LogP contribution >= 0.6 is 11.8 Å². The van der Waals surface area contributed by atoms with Crippen molar-refractivity contribution in [1.82, 2.24) is 0 Å². The van der Waals surface area contributed by atoms with Crippen molar-refractivity contribution < 1.29 is 9.53 Å². The summed E-state index contributed by atoms with van der Waals surface area (Å²) in [5, 5.41) is 0. The summed E-state index contributed by atoms with van der Waals surface area (Å²) in [5.41, 5.74) is 0. The zero-order valence-corrected chi connectivity index (χ0v) is 10.5. The van der Waals surface area contributed by atoms with Gasteiger partial charge >= 0.3 is 5.97 Å². The largest absolute Gasteiger partial charge is 0.465 e. The highest BCUT2D eigenvalue weighted by atomic mass is 32.2. The third-order valence-corrected chi connectivity index (χ3v) is 3.61. The predicted octanol–water partition coefficient (Wildman–Crippen LogP) is 3.25. The van der Waals surface area contributed by atoms with E-state index in [4.69, 9.17) is 4.74 Å². The van der Waals surface area contributed by atoms with Gasteiger partial charge in [-0.15, -0.1) is 0 Å². The second kappa shape index (κ2) is 8.03. The van der Waals surface area contributed by atoms with Gasteiger partial charge in [0.2, 0.25) is 0 Å². The molecule has 0 saturated heterocycles. The first-order valence-corrected chi connectivity index (χ1v) is 7.37. The van der Waals surface area contributed by atoms with E-state index in [0.29, 0.717) is 13.0 Å². The number of hydrogen-bond acceptors (Lipinski definition) is 3. The molecule has 0 heterocycles. The SMILES string of the molecule is CSCCOC(=O)CCC1CCCCC1. The van der Waals surface area contributed by atoms with Crippen molar-refractivity contribution in [2.75, 3.05) is 18.6 Å². The standard InChI is InChI=1S/C12H22O2S/c1-15-10-9-14-12(13)8-7-11-5-3-2-4-6-11/h11H,2-10H2,1H3. The van der Waals surface area contributed by atoms with E-state index < -0.39 is 0 Å². The zero-order chi connectivity index (χ0) is 10.9. The van der Waals surface area contributed by atoms with E-state index in [1.54, 1.807) is 11.8 Å². The Morgan fingerprint density at radius 2 is 2.07 bits per heavy atom. The maximum Gasteiger partial charge on any atom is 0.305 e. The number of carbonyl (C=O) groups excluding carboxylic acids is 1. The molecule has 1 rings (SSSR count). The second-order valence-electron chi connectivity index (χ2n) is 4.26. The number of ether oxygens (including phenoxy) is 1. The van der Waals surface area contributed by atoms with Crippen LogP contribution in [0.25, 0.3) is 0 Å². The molecule has 0 amide bonds. The highest BCUT2D eigenvalue weighted by molar-refractivity contribution is 7.98. The fourth-order valence-corrected chi connectivity index (χ4v) is 2.36. The molecule has 1 fully saturated rings. The number of rotatable bonds is 6. The van der Waals surface area contributed by atoms with Gasteiger partial charge < -0.3 is 4.74 Å². The predicted molar refractivity (Wildman–Crippen MR) is 65.2 cm³/mol. The van der Waals surface area contributed by atoms with E-state index in [0.717, 1.165) is 18.1 Å². The summed E-state index contributed by atoms with van der Waals surface area (Å²) in [6.07, 6.45) is 10.4. The van der Waals surface area contributed by atoms with Crippen molar-refractivity contribution in [3.05, 3.63) is 0 Å². The molecule has 1 saturated carbocycles. The number of carbonyl (C=O) groups is 1. The van der Waals surface area contributed by atoms with E-state index in [1.807, 2.05) is 6.26 Å². The van der Waals surface area contributed by atoms with Crippen molar-refractivity contribution in [1.29, 1.82) is 0 Å². The van der Waals surface area contributed by atoms with Crippen molar-refractivity contribution in [2.24, 2.45) is 5.92 Å². The maximum absolute atomic E-state index is 11.3. The summed E-state index contributed by atoms with van der Waals surface area (Å²) in [4.78, 5) is 11.3. The summed E-state index contributed by atoms with van der Waals surface area (Å²) in [6, 6.07) is 0. The fourth-order valence-electron chi connectivity index (χ4n) is 2.11. The van der Waals surface area contributed by atoms with Crippen LogP contribution in [0, 0.1) is 5.92 Å². The van der Waals surface area contributed by atoms with Gasteiger partial charge in [0.25, 0.3) is 0 Å². The van der Waals surface area contributed by atoms with Gasteiger partial charge in [-0.3, -0.25) is 4.79 Å². The molecule has 0 spiro atoms. The summed E-state index contributed by atoms with van der Waals surface area (Å²) in [7, 11) is 0. The molecule has 0 aromatic heterocycles. The van der Waals surface area contributed by atoms with Gasteiger partial charge in [-0.1, -0.05) is 32.1 Å². The molecule has 1 aliphatic rings. The average molecular weight is 230 g/mol. The minimum Gasteiger partial charge on any atom is -0.465 e. The first-order chi connectivity index (χ1) is 7.33. The van der Waals surface area contributed by atoms with Crippen LogP contribution in [0.3, 0.4) is 0 Å². The lowest BCUT2D eigenvalue weighted by Crippen LogP contribution is -2.12. The molecule has 0 radical (unpaired) electrons. The van der Waals surface area contributed by atoms with Gasteiger partial charge in [0.15, 0.2) is 0 Å². The number of thioether (sulfide) groups is 1. The van der Waals surface area contributed by atoms with Gasteiger partial charge in [0, 0.05) is 12.2 Å². The molecule has 15 heavy (non-hydrogen) atoms. The number of hydrogen-bond donors (Lipinski definition) is 0. The fraction of sp³-hybridized carbons (Fsp3) is 0.917. The molecule has 0 unspecified atom stereocenters. The Morgan fingerprint density at radius 3 is 2.73 bits per heavy atom. The normalized spacial score (nSPS) is 17.7. The first kappa shape index (κ1) is 12.9. The Kier molecular flexibility index (Phi) is 6.90. The van der Waals surface area contributed by atoms with Gasteiger partial charge in [-0.2, -0.15) is 11.8 Å². The lowest BCUT2D eigenvalue weighted by Gasteiger charge is -2.20. The molecule has 0 atom stereocenters. The Hall–Kier alpha value is -0.180. The highest BCUT2D eigenvalue weighted by Crippen LogP contribution is 2.27. The lowest BCUT2D eigenvalue weighted by molar-refractivity contribution is -0.143. The molecular weight excluding hydrogens is 208 g/mol. The van der Waals surface area contributed by atoms with Crippen molar-refractivity contribution >= 4 is 17.7 Å². The van der Waals surface area contributed by atoms with Crippen LogP contribution in [0.2, 0.25) is 0 Å². The average Bonchev–Trinajstić information content (AvgIpc) is 2.28. The van der Waals surface area contributed by atoms with Crippen LogP contribution in [-0.2, 0) is 9.53 Å². The van der Waals surface area contributed by atoms with Crippen molar-refractivity contribution in [2.45, 2.75) is 44.9 Å². The lowest BCUT2D eigenvalue weighted by atomic mass is 9.86. The first-order valence-electron chi connectivity index (χ1n) is 5.97. The van der Waals surface area contributed by atoms with E-state index in [9.17, 15) is 4.79 Å². The Balaban J connectivity index is 2.00. The third-order valence-electron chi connectivity index (χ3n) is 3.03. The van der Waals surface area contributed by atoms with Gasteiger partial charge in [-0.05, 0) is 18.6 Å². The molecule has 0 N–H and O–H groups in total. The Labute approximate surface area is 97.1 Å². The Morgan fingerprint density at radius 1 is 1.33 bits per heavy atom. The molecular formula is C12H22O2S. The number of esters is 1. The molecule has 0 aromatic carbocycles. The topological polar surface area (TPSA) is 26.3 Å². The van der Waals surface area contributed by atoms with Crippen LogP contribution < -0.4 is 0 Å². The molecule has 0 aliphatic heterocycles. The summed E-state index contributed by atoms with van der Waals surface area (Å²) in [5.74, 6) is 1.69. The molecule has 0 bridgehead atoms. The van der Waals surface area contributed by atoms with Crippen molar-refractivity contribution in [3.63, 3.8) is 0 Å². The molecule has 0 aromatic rings. The summed E-state index contributed by atoms with van der Waals surface area (Å²) < 4.78 is 5.11. The second-order valence-corrected chi connectivity index (χ2v) is 5.24. The smallest absolute Gasteiger partial charge is 0.305 e. The van der Waals surface area contributed by atoms with E-state index >= 15 is 0 Å². The van der Waals surface area contributed by atoms with Gasteiger partial charge in [0.1, 0.15) is 6.61 Å². The summed E-state index contributed by atoms with van der Waals surface area (Å²) >= 11 is 1.71. The highest BCUT2D eigenvalue weighted by Gasteiger charge is 2.15. The molecule has 88 valence electrons. The van der Waals surface area contributed by atoms with Crippen LogP contribution in [0.5, 0.6) is 0 Å². The van der Waals surface area contributed by atoms with E-state index in [-0.39, 0.29) is 5.97 Å². The van der Waals surface area contributed by atoms with Crippen LogP contribution in [0.4, 0.5) is 0 Å². The summed E-state index contributed by atoms with van der Waals surface area (Å²) in [6.45, 7) is 0.574. The molecule has 3 heteroatoms. The molecule has 2 nitrogen and oxygen atoms in total. The zero-order valence-electron chi connectivity index (χ0n) is 9.67. The van der Waals surface area contributed by atoms with E-state index in [2.05, 4.69) is 0 Å². The van der Waals surface area contributed by atoms with Crippen LogP contribution in [0.15, 0.2) is 0 Å². The van der Waals surface area contributed by atoms with Crippen molar-refractivity contribution in [3.8, 4) is 0 Å². The van der Waals surface area contributed by atoms with Crippen LogP contribution in [0.1, 0.15) is 44.9 Å². The minimum atomic E-state index is -0.00498. The Bertz CT molecular complexity index is 176. The van der Waals surface area contributed by atoms with Gasteiger partial charge in [0.05, 0.1) is 0 Å². The quantitative estimate of drug-likeness (QED) is 0.517. The monoisotopic (exact) mass is 230 g/mol. The molecule has 1 aliphatic carbocycles.